The topological polar surface area (TPSA) is 50.8 Å². The van der Waals surface area contributed by atoms with Crippen LogP contribution in [0.15, 0.2) is 65.6 Å². The zero-order valence-electron chi connectivity index (χ0n) is 17.3. The second-order valence-corrected chi connectivity index (χ2v) is 8.38. The maximum Gasteiger partial charge on any atom is 0.420 e. The Bertz CT molecular complexity index is 1300. The van der Waals surface area contributed by atoms with E-state index in [-0.39, 0.29) is 22.5 Å². The molecule has 1 aliphatic rings. The van der Waals surface area contributed by atoms with E-state index in [0.717, 1.165) is 35.3 Å². The number of fused-ring (bicyclic) bond motifs is 1. The first-order valence-corrected chi connectivity index (χ1v) is 10.9. The van der Waals surface area contributed by atoms with Crippen LogP contribution in [0.2, 0.25) is 5.15 Å². The lowest BCUT2D eigenvalue weighted by atomic mass is 9.95. The third-order valence-electron chi connectivity index (χ3n) is 5.97. The second-order valence-electron chi connectivity index (χ2n) is 8.02. The molecular formula is C24H19ClF3N3O2. The Morgan fingerprint density at radius 3 is 2.61 bits per heavy atom. The highest BCUT2D eigenvalue weighted by molar-refractivity contribution is 6.33. The van der Waals surface area contributed by atoms with Gasteiger partial charge in [-0.2, -0.15) is 13.2 Å². The van der Waals surface area contributed by atoms with Crippen molar-refractivity contribution in [1.29, 1.82) is 0 Å². The maximum atomic E-state index is 13.9. The van der Waals surface area contributed by atoms with Gasteiger partial charge in [0.2, 0.25) is 0 Å². The zero-order chi connectivity index (χ0) is 23.2. The number of hydrogen-bond donors (Lipinski definition) is 0. The molecule has 9 heteroatoms. The van der Waals surface area contributed by atoms with Gasteiger partial charge in [-0.3, -0.25) is 9.20 Å². The highest BCUT2D eigenvalue weighted by Gasteiger charge is 2.37. The molecule has 1 aromatic carbocycles. The summed E-state index contributed by atoms with van der Waals surface area (Å²) in [5.41, 5.74) is 0.122. The van der Waals surface area contributed by atoms with Gasteiger partial charge in [-0.15, -0.1) is 0 Å². The lowest BCUT2D eigenvalue weighted by Gasteiger charge is -2.35. The molecule has 1 amide bonds. The first-order chi connectivity index (χ1) is 15.8. The molecule has 5 nitrogen and oxygen atoms in total. The van der Waals surface area contributed by atoms with Crippen molar-refractivity contribution in [3.63, 3.8) is 0 Å². The van der Waals surface area contributed by atoms with Crippen LogP contribution in [0.25, 0.3) is 16.8 Å². The molecule has 1 saturated heterocycles. The van der Waals surface area contributed by atoms with Crippen molar-refractivity contribution in [3.8, 4) is 11.1 Å². The van der Waals surface area contributed by atoms with E-state index in [1.165, 1.54) is 18.7 Å². The highest BCUT2D eigenvalue weighted by Crippen LogP contribution is 2.38. The molecule has 170 valence electrons. The Morgan fingerprint density at radius 2 is 1.91 bits per heavy atom. The molecule has 0 N–H and O–H groups in total. The molecule has 5 rings (SSSR count). The van der Waals surface area contributed by atoms with Gasteiger partial charge in [-0.05, 0) is 37.0 Å². The number of imidazole rings is 1. The normalized spacial score (nSPS) is 17.0. The van der Waals surface area contributed by atoms with Crippen molar-refractivity contribution in [2.24, 2.45) is 0 Å². The van der Waals surface area contributed by atoms with Crippen molar-refractivity contribution >= 4 is 23.2 Å². The van der Waals surface area contributed by atoms with Crippen LogP contribution in [0, 0.1) is 0 Å². The number of carbonyl (C=O) groups excluding carboxylic acids is 1. The first-order valence-electron chi connectivity index (χ1n) is 10.5. The van der Waals surface area contributed by atoms with Crippen molar-refractivity contribution in [3.05, 3.63) is 83.2 Å². The van der Waals surface area contributed by atoms with Gasteiger partial charge in [-0.25, -0.2) is 4.98 Å². The van der Waals surface area contributed by atoms with Gasteiger partial charge < -0.3 is 9.32 Å². The number of hydrogen-bond acceptors (Lipinski definition) is 3. The fourth-order valence-corrected chi connectivity index (χ4v) is 4.63. The third-order valence-corrected chi connectivity index (χ3v) is 6.33. The van der Waals surface area contributed by atoms with Gasteiger partial charge in [0.15, 0.2) is 11.3 Å². The van der Waals surface area contributed by atoms with Crippen LogP contribution in [-0.4, -0.2) is 26.7 Å². The highest BCUT2D eigenvalue weighted by atomic mass is 35.5. The van der Waals surface area contributed by atoms with Gasteiger partial charge in [0, 0.05) is 23.9 Å². The summed E-state index contributed by atoms with van der Waals surface area (Å²) < 4.78 is 47.9. The number of nitrogens with zero attached hydrogens (tertiary/aromatic N) is 3. The van der Waals surface area contributed by atoms with E-state index in [2.05, 4.69) is 4.98 Å². The number of alkyl halides is 3. The van der Waals surface area contributed by atoms with Gasteiger partial charge in [0.25, 0.3) is 5.91 Å². The smallest absolute Gasteiger partial charge is 0.420 e. The Balaban J connectivity index is 1.62. The molecule has 0 radical (unpaired) electrons. The lowest BCUT2D eigenvalue weighted by molar-refractivity contribution is -0.136. The van der Waals surface area contributed by atoms with Crippen molar-refractivity contribution in [2.75, 3.05) is 6.54 Å². The average molecular weight is 474 g/mol. The van der Waals surface area contributed by atoms with E-state index < -0.39 is 23.3 Å². The molecule has 33 heavy (non-hydrogen) atoms. The van der Waals surface area contributed by atoms with Crippen LogP contribution in [0.1, 0.15) is 46.9 Å². The van der Waals surface area contributed by atoms with Crippen LogP contribution in [-0.2, 0) is 6.18 Å². The molecule has 4 aromatic rings. The fourth-order valence-electron chi connectivity index (χ4n) is 4.38. The molecule has 0 aliphatic carbocycles. The summed E-state index contributed by atoms with van der Waals surface area (Å²) in [6, 6.07) is 11.9. The van der Waals surface area contributed by atoms with Crippen LogP contribution in [0.3, 0.4) is 0 Å². The Kier molecular flexibility index (Phi) is 5.40. The van der Waals surface area contributed by atoms with Crippen molar-refractivity contribution < 1.29 is 22.4 Å². The number of rotatable bonds is 3. The minimum atomic E-state index is -4.69. The van der Waals surface area contributed by atoms with Gasteiger partial charge in [0.1, 0.15) is 5.15 Å². The van der Waals surface area contributed by atoms with Crippen molar-refractivity contribution in [1.82, 2.24) is 14.3 Å². The third kappa shape index (κ3) is 3.88. The molecule has 1 unspecified atom stereocenters. The summed E-state index contributed by atoms with van der Waals surface area (Å²) in [5, 5.41) is -0.150. The maximum absolute atomic E-state index is 13.9. The average Bonchev–Trinajstić information content (AvgIpc) is 3.47. The number of piperidine rings is 1. The number of amides is 1. The molecule has 3 aromatic heterocycles. The molecule has 4 heterocycles. The van der Waals surface area contributed by atoms with Gasteiger partial charge in [-0.1, -0.05) is 41.9 Å². The van der Waals surface area contributed by atoms with E-state index in [0.29, 0.717) is 12.1 Å². The summed E-state index contributed by atoms with van der Waals surface area (Å²) in [5.74, 6) is -0.477. The summed E-state index contributed by atoms with van der Waals surface area (Å²) in [6.07, 6.45) is 1.99. The molecule has 0 bridgehead atoms. The van der Waals surface area contributed by atoms with E-state index >= 15 is 0 Å². The van der Waals surface area contributed by atoms with E-state index in [1.54, 1.807) is 11.0 Å². The monoisotopic (exact) mass is 473 g/mol. The summed E-state index contributed by atoms with van der Waals surface area (Å²) >= 11 is 6.48. The van der Waals surface area contributed by atoms with Crippen LogP contribution >= 0.6 is 11.6 Å². The molecule has 1 fully saturated rings. The summed E-state index contributed by atoms with van der Waals surface area (Å²) in [6.45, 7) is 0.481. The molecular weight excluding hydrogens is 455 g/mol. The Labute approximate surface area is 192 Å². The number of furan rings is 1. The molecule has 0 saturated carbocycles. The Hall–Kier alpha value is -3.26. The summed E-state index contributed by atoms with van der Waals surface area (Å²) in [4.78, 5) is 19.3. The standard InChI is InChI=1S/C24H19ClF3N3O2/c25-21-20(23(32)30-10-5-4-8-19(30)15-6-2-1-3-7-15)29-22-18(24(26,27)28)12-17(13-31(21)22)16-9-11-33-14-16/h1-3,6-7,9,11-14,19H,4-5,8,10H2. The number of likely N-dealkylation sites (tertiary alicyclic amines) is 1. The van der Waals surface area contributed by atoms with Gasteiger partial charge >= 0.3 is 6.18 Å². The number of carbonyl (C=O) groups is 1. The zero-order valence-corrected chi connectivity index (χ0v) is 18.1. The molecule has 1 atom stereocenters. The van der Waals surface area contributed by atoms with Crippen LogP contribution in [0.4, 0.5) is 13.2 Å². The predicted octanol–water partition coefficient (Wildman–Crippen LogP) is 6.63. The van der Waals surface area contributed by atoms with E-state index in [1.807, 2.05) is 30.3 Å². The van der Waals surface area contributed by atoms with Crippen molar-refractivity contribution in [2.45, 2.75) is 31.5 Å². The molecule has 1 aliphatic heterocycles. The van der Waals surface area contributed by atoms with E-state index in [9.17, 15) is 18.0 Å². The van der Waals surface area contributed by atoms with E-state index in [4.69, 9.17) is 16.0 Å². The van der Waals surface area contributed by atoms with Gasteiger partial charge in [0.05, 0.1) is 24.1 Å². The largest absolute Gasteiger partial charge is 0.472 e. The number of benzene rings is 1. The van der Waals surface area contributed by atoms with Crippen LogP contribution < -0.4 is 0 Å². The Morgan fingerprint density at radius 1 is 1.12 bits per heavy atom. The summed E-state index contributed by atoms with van der Waals surface area (Å²) in [7, 11) is 0. The predicted molar refractivity (Wildman–Crippen MR) is 117 cm³/mol. The first kappa shape index (κ1) is 21.6. The quantitative estimate of drug-likeness (QED) is 0.335. The lowest BCUT2D eigenvalue weighted by Crippen LogP contribution is -2.38. The SMILES string of the molecule is O=C(c1nc2c(C(F)(F)F)cc(-c3ccoc3)cn2c1Cl)N1CCCCC1c1ccccc1. The fraction of sp³-hybridized carbons (Fsp3) is 0.250. The second kappa shape index (κ2) is 8.26. The number of pyridine rings is 1. The number of halogens is 4. The number of aromatic nitrogens is 2. The van der Waals surface area contributed by atoms with Crippen LogP contribution in [0.5, 0.6) is 0 Å². The minimum absolute atomic E-state index is 0.150. The molecule has 0 spiro atoms. The minimum Gasteiger partial charge on any atom is -0.472 e.